The zero-order chi connectivity index (χ0) is 45.8. The van der Waals surface area contributed by atoms with Gasteiger partial charge < -0.3 is 29.2 Å². The molecule has 336 valence electrons. The van der Waals surface area contributed by atoms with Gasteiger partial charge in [-0.15, -0.1) is 0 Å². The van der Waals surface area contributed by atoms with Gasteiger partial charge in [-0.1, -0.05) is 58.5 Å². The van der Waals surface area contributed by atoms with Gasteiger partial charge in [0.05, 0.1) is 49.6 Å². The maximum atomic E-state index is 14.5. The molecule has 5 rings (SSSR count). The average Bonchev–Trinajstić information content (AvgIpc) is 3.76. The van der Waals surface area contributed by atoms with Crippen molar-refractivity contribution in [1.82, 2.24) is 18.3 Å². The van der Waals surface area contributed by atoms with E-state index in [1.54, 1.807) is 0 Å². The Morgan fingerprint density at radius 1 is 0.934 bits per heavy atom. The molecule has 0 aliphatic carbocycles. The van der Waals surface area contributed by atoms with E-state index in [2.05, 4.69) is 21.9 Å². The van der Waals surface area contributed by atoms with Gasteiger partial charge >= 0.3 is 11.4 Å². The number of hydrogen-bond donors (Lipinski definition) is 2. The first-order valence-corrected chi connectivity index (χ1v) is 27.1. The molecule has 2 fully saturated rings. The van der Waals surface area contributed by atoms with Crippen LogP contribution in [0.3, 0.4) is 0 Å². The van der Waals surface area contributed by atoms with Crippen LogP contribution >= 0.6 is 0 Å². The maximum Gasteiger partial charge on any atom is 0.334 e. The summed E-state index contributed by atoms with van der Waals surface area (Å²) in [5.41, 5.74) is 10.7. The Hall–Kier alpha value is -4.09. The van der Waals surface area contributed by atoms with Gasteiger partial charge in [-0.3, -0.25) is 18.7 Å². The minimum absolute atomic E-state index is 0.0733. The molecule has 20 nitrogen and oxygen atoms in total. The van der Waals surface area contributed by atoms with E-state index in [9.17, 15) is 32.7 Å². The van der Waals surface area contributed by atoms with Crippen LogP contribution in [0.1, 0.15) is 71.5 Å². The Kier molecular flexibility index (Phi) is 13.3. The van der Waals surface area contributed by atoms with Crippen LogP contribution in [0.2, 0.25) is 36.3 Å². The van der Waals surface area contributed by atoms with E-state index in [1.165, 1.54) is 30.8 Å². The molecule has 3 aliphatic heterocycles. The third kappa shape index (κ3) is 9.06. The molecule has 0 aromatic carbocycles. The summed E-state index contributed by atoms with van der Waals surface area (Å²) in [5.74, 6) is 5.45. The molecule has 2 saturated heterocycles. The normalized spacial score (nSPS) is 26.5. The van der Waals surface area contributed by atoms with Gasteiger partial charge in [0.25, 0.3) is 21.2 Å². The molecule has 61 heavy (non-hydrogen) atoms. The summed E-state index contributed by atoms with van der Waals surface area (Å²) in [6.45, 7) is 21.6. The lowest BCUT2D eigenvalue weighted by molar-refractivity contribution is -0.0567. The molecular formula is C38H58N8O12SSi2. The Morgan fingerprint density at radius 2 is 1.46 bits per heavy atom. The van der Waals surface area contributed by atoms with Gasteiger partial charge in [-0.2, -0.15) is 8.42 Å². The molecule has 0 saturated carbocycles. The van der Waals surface area contributed by atoms with Crippen LogP contribution in [0.5, 0.6) is 0 Å². The van der Waals surface area contributed by atoms with E-state index in [-0.39, 0.29) is 34.9 Å². The molecule has 3 aliphatic rings. The number of aryl methyl sites for hydroxylation is 2. The quantitative estimate of drug-likeness (QED) is 0.0822. The third-order valence-electron chi connectivity index (χ3n) is 12.6. The number of aliphatic hydroxyl groups excluding tert-OH is 1. The second-order valence-corrected chi connectivity index (χ2v) is 29.7. The molecule has 3 N–H and O–H groups in total. The minimum atomic E-state index is -4.35. The lowest BCUT2D eigenvalue weighted by atomic mass is 9.89. The summed E-state index contributed by atoms with van der Waals surface area (Å²) in [7, 11) is -9.69. The van der Waals surface area contributed by atoms with Crippen molar-refractivity contribution in [2.24, 2.45) is 10.8 Å². The molecule has 0 amide bonds. The van der Waals surface area contributed by atoms with Crippen molar-refractivity contribution >= 4 is 26.8 Å². The van der Waals surface area contributed by atoms with Crippen LogP contribution in [-0.4, -0.2) is 91.6 Å². The fourth-order valence-corrected chi connectivity index (χ4v) is 10.4. The Balaban J connectivity index is 1.56. The highest BCUT2D eigenvalue weighted by Gasteiger charge is 2.67. The Morgan fingerprint density at radius 3 is 1.93 bits per heavy atom. The van der Waals surface area contributed by atoms with E-state index in [4.69, 9.17) is 33.8 Å². The number of ether oxygens (including phenoxy) is 2. The fraction of sp³-hybridized carbons (Fsp3) is 0.684. The van der Waals surface area contributed by atoms with Gasteiger partial charge in [-0.25, -0.2) is 22.9 Å². The molecule has 0 radical (unpaired) electrons. The number of hydrogen-bond acceptors (Lipinski definition) is 14. The van der Waals surface area contributed by atoms with Crippen LogP contribution in [0, 0.1) is 25.7 Å². The molecule has 2 aromatic heterocycles. The molecule has 5 heterocycles. The zero-order valence-corrected chi connectivity index (χ0v) is 39.6. The highest BCUT2D eigenvalue weighted by atomic mass is 32.2. The minimum Gasteiger partial charge on any atom is -0.414 e. The highest BCUT2D eigenvalue weighted by molar-refractivity contribution is 7.90. The highest BCUT2D eigenvalue weighted by Crippen LogP contribution is 2.52. The number of rotatable bonds is 11. The average molecular weight is 907 g/mol. The Labute approximate surface area is 356 Å². The molecule has 1 spiro atoms. The molecule has 23 heteroatoms. The van der Waals surface area contributed by atoms with Crippen LogP contribution in [-0.2, 0) is 45.7 Å². The predicted molar refractivity (Wildman–Crippen MR) is 230 cm³/mol. The van der Waals surface area contributed by atoms with Crippen LogP contribution in [0.25, 0.3) is 10.4 Å². The molecule has 7 atom stereocenters. The van der Waals surface area contributed by atoms with Gasteiger partial charge in [0.15, 0.2) is 28.5 Å². The number of nitrogens with zero attached hydrogens (tertiary/aromatic N) is 7. The van der Waals surface area contributed by atoms with Crippen molar-refractivity contribution in [2.45, 2.75) is 154 Å². The van der Waals surface area contributed by atoms with Crippen molar-refractivity contribution in [2.75, 3.05) is 13.2 Å². The van der Waals surface area contributed by atoms with E-state index in [0.29, 0.717) is 0 Å². The predicted octanol–water partition coefficient (Wildman–Crippen LogP) is 2.82. The molecule has 2 aromatic rings. The van der Waals surface area contributed by atoms with Gasteiger partial charge in [0.1, 0.15) is 18.4 Å². The zero-order valence-electron chi connectivity index (χ0n) is 36.8. The first kappa shape index (κ1) is 48.0. The summed E-state index contributed by atoms with van der Waals surface area (Å²) in [5, 5.41) is 13.5. The summed E-state index contributed by atoms with van der Waals surface area (Å²) >= 11 is 0. The molecule has 0 bridgehead atoms. The maximum absolute atomic E-state index is 14.5. The fourth-order valence-electron chi connectivity index (χ4n) is 6.91. The third-order valence-corrected chi connectivity index (χ3v) is 22.6. The summed E-state index contributed by atoms with van der Waals surface area (Å²) in [6, 6.07) is -0.743. The van der Waals surface area contributed by atoms with Gasteiger partial charge in [-0.05, 0) is 55.6 Å². The second kappa shape index (κ2) is 16.9. The summed E-state index contributed by atoms with van der Waals surface area (Å²) in [6.07, 6.45) is -2.98. The number of aromatic nitrogens is 4. The van der Waals surface area contributed by atoms with Gasteiger partial charge in [0.2, 0.25) is 0 Å². The standard InChI is InChI=1S/C38H58N8O12SSi2/c1-23-18-45(29-17-25(41-42-40)26(20-47)55-29)34(50)43(31(23)48)15-13-14-16-44-32(49)24(2)19-46(35(44)51)33-30(57-61(11,12)37(6,7)8)38(27(39)22-59(52,53)58-38)28(56-33)21-54-60(9,10)36(3,4)5/h18-19,22,25-26,28-30,33,47H,15-17,20-21,39H2,1-12H3. The van der Waals surface area contributed by atoms with E-state index in [0.717, 1.165) is 19.1 Å². The largest absolute Gasteiger partial charge is 0.414 e. The monoisotopic (exact) mass is 906 g/mol. The molecule has 7 unspecified atom stereocenters. The van der Waals surface area contributed by atoms with Crippen molar-refractivity contribution in [3.8, 4) is 11.8 Å². The first-order valence-electron chi connectivity index (χ1n) is 19.9. The smallest absolute Gasteiger partial charge is 0.334 e. The first-order chi connectivity index (χ1) is 28.0. The number of azide groups is 1. The SMILES string of the molecule is Cc1cn(C2CC(N=[N+]=[N-])C(CO)O2)c(=O)n(CC#CCn2c(=O)c(C)cn(C3OC(CO[Si](C)(C)C(C)(C)C)C4(OS(=O)(=O)C=C4N)C3O[Si](C)(C)C(C)(C)C)c2=O)c1=O. The number of nitrogens with two attached hydrogens (primary N) is 1. The Bertz CT molecular complexity index is 2550. The van der Waals surface area contributed by atoms with E-state index < -0.39 is 116 Å². The van der Waals surface area contributed by atoms with Gasteiger partial charge in [0, 0.05) is 34.9 Å². The van der Waals surface area contributed by atoms with Crippen LogP contribution < -0.4 is 28.2 Å². The summed E-state index contributed by atoms with van der Waals surface area (Å²) < 4.78 is 62.3. The summed E-state index contributed by atoms with van der Waals surface area (Å²) in [4.78, 5) is 57.5. The van der Waals surface area contributed by atoms with Crippen molar-refractivity contribution in [1.29, 1.82) is 0 Å². The van der Waals surface area contributed by atoms with Crippen LogP contribution in [0.4, 0.5) is 0 Å². The lowest BCUT2D eigenvalue weighted by Crippen LogP contribution is -2.59. The second-order valence-electron chi connectivity index (χ2n) is 18.8. The van der Waals surface area contributed by atoms with Crippen molar-refractivity contribution < 1.29 is 36.0 Å². The van der Waals surface area contributed by atoms with Crippen molar-refractivity contribution in [3.63, 3.8) is 0 Å². The van der Waals surface area contributed by atoms with E-state index >= 15 is 0 Å². The molecular weight excluding hydrogens is 849 g/mol. The van der Waals surface area contributed by atoms with E-state index in [1.807, 2.05) is 67.7 Å². The van der Waals surface area contributed by atoms with Crippen molar-refractivity contribution in [3.05, 3.63) is 86.7 Å². The van der Waals surface area contributed by atoms with Crippen LogP contribution in [0.15, 0.2) is 47.8 Å². The lowest BCUT2D eigenvalue weighted by Gasteiger charge is -2.43. The topological polar surface area (TPSA) is 263 Å². The number of aliphatic hydroxyl groups is 1.